The van der Waals surface area contributed by atoms with Crippen LogP contribution in [-0.4, -0.2) is 25.4 Å². The van der Waals surface area contributed by atoms with Gasteiger partial charge < -0.3 is 14.6 Å². The fourth-order valence-electron chi connectivity index (χ4n) is 1.74. The highest BCUT2D eigenvalue weighted by Gasteiger charge is 2.11. The fraction of sp³-hybridized carbons (Fsp3) is 0.467. The summed E-state index contributed by atoms with van der Waals surface area (Å²) in [4.78, 5) is 0. The van der Waals surface area contributed by atoms with Crippen LogP contribution in [0.4, 0.5) is 0 Å². The summed E-state index contributed by atoms with van der Waals surface area (Å²) >= 11 is 6.18. The first-order valence-corrected chi connectivity index (χ1v) is 6.72. The van der Waals surface area contributed by atoms with Crippen molar-refractivity contribution in [2.75, 3.05) is 20.3 Å². The van der Waals surface area contributed by atoms with Gasteiger partial charge in [0.1, 0.15) is 0 Å². The van der Waals surface area contributed by atoms with E-state index in [2.05, 4.69) is 0 Å². The van der Waals surface area contributed by atoms with Crippen LogP contribution in [0.3, 0.4) is 0 Å². The highest BCUT2D eigenvalue weighted by Crippen LogP contribution is 2.37. The Morgan fingerprint density at radius 3 is 2.58 bits per heavy atom. The summed E-state index contributed by atoms with van der Waals surface area (Å²) in [5, 5.41) is 9.84. The fourth-order valence-corrected chi connectivity index (χ4v) is 2.04. The van der Waals surface area contributed by atoms with Crippen molar-refractivity contribution >= 4 is 17.7 Å². The topological polar surface area (TPSA) is 38.7 Å². The molecule has 1 rings (SSSR count). The van der Waals surface area contributed by atoms with Crippen molar-refractivity contribution in [3.05, 3.63) is 28.3 Å². The van der Waals surface area contributed by atoms with Gasteiger partial charge in [0, 0.05) is 0 Å². The van der Waals surface area contributed by atoms with E-state index in [9.17, 15) is 5.11 Å². The van der Waals surface area contributed by atoms with Crippen LogP contribution in [-0.2, 0) is 0 Å². The molecule has 0 spiro atoms. The lowest BCUT2D eigenvalue weighted by Gasteiger charge is -2.13. The van der Waals surface area contributed by atoms with Crippen molar-refractivity contribution in [2.45, 2.75) is 20.8 Å². The van der Waals surface area contributed by atoms with E-state index in [-0.39, 0.29) is 12.5 Å². The normalized spacial score (nSPS) is 11.8. The Kier molecular flexibility index (Phi) is 6.19. The van der Waals surface area contributed by atoms with Crippen molar-refractivity contribution in [2.24, 2.45) is 5.92 Å². The molecule has 0 unspecified atom stereocenters. The van der Waals surface area contributed by atoms with Gasteiger partial charge in [0.05, 0.1) is 25.3 Å². The van der Waals surface area contributed by atoms with Gasteiger partial charge in [-0.05, 0) is 36.1 Å². The van der Waals surface area contributed by atoms with Crippen molar-refractivity contribution in [1.29, 1.82) is 0 Å². The van der Waals surface area contributed by atoms with E-state index in [4.69, 9.17) is 21.1 Å². The molecule has 0 saturated carbocycles. The molecule has 0 radical (unpaired) electrons. The van der Waals surface area contributed by atoms with Gasteiger partial charge in [0.25, 0.3) is 0 Å². The highest BCUT2D eigenvalue weighted by molar-refractivity contribution is 6.32. The average molecular weight is 285 g/mol. The highest BCUT2D eigenvalue weighted by atomic mass is 35.5. The van der Waals surface area contributed by atoms with Crippen LogP contribution in [0, 0.1) is 5.92 Å². The molecule has 0 aliphatic rings. The quantitative estimate of drug-likeness (QED) is 0.864. The predicted molar refractivity (Wildman–Crippen MR) is 79.1 cm³/mol. The van der Waals surface area contributed by atoms with Gasteiger partial charge in [-0.25, -0.2) is 0 Å². The van der Waals surface area contributed by atoms with Crippen molar-refractivity contribution in [3.63, 3.8) is 0 Å². The lowest BCUT2D eigenvalue weighted by molar-refractivity contribution is 0.311. The molecule has 0 aliphatic heterocycles. The maximum absolute atomic E-state index is 9.34. The molecule has 3 nitrogen and oxygen atoms in total. The molecule has 1 N–H and O–H groups in total. The van der Waals surface area contributed by atoms with Crippen LogP contribution in [0.1, 0.15) is 26.3 Å². The zero-order valence-corrected chi connectivity index (χ0v) is 12.6. The van der Waals surface area contributed by atoms with Gasteiger partial charge in [0.15, 0.2) is 11.5 Å². The SMILES string of the molecule is CCOc1cc(C=C(CO)C(C)C)cc(Cl)c1OC. The predicted octanol–water partition coefficient (Wildman–Crippen LogP) is 3.78. The van der Waals surface area contributed by atoms with Crippen LogP contribution in [0.15, 0.2) is 17.7 Å². The Hall–Kier alpha value is -1.19. The van der Waals surface area contributed by atoms with E-state index in [0.717, 1.165) is 11.1 Å². The second kappa shape index (κ2) is 7.41. The van der Waals surface area contributed by atoms with Crippen LogP contribution in [0.5, 0.6) is 11.5 Å². The number of rotatable bonds is 6. The summed E-state index contributed by atoms with van der Waals surface area (Å²) in [7, 11) is 1.56. The first-order valence-electron chi connectivity index (χ1n) is 6.35. The molecule has 0 saturated heterocycles. The number of hydrogen-bond acceptors (Lipinski definition) is 3. The molecule has 106 valence electrons. The average Bonchev–Trinajstić information content (AvgIpc) is 2.35. The molecule has 0 fully saturated rings. The Morgan fingerprint density at radius 2 is 2.11 bits per heavy atom. The van der Waals surface area contributed by atoms with Crippen LogP contribution >= 0.6 is 11.6 Å². The number of benzene rings is 1. The van der Waals surface area contributed by atoms with Gasteiger partial charge in [-0.1, -0.05) is 31.5 Å². The van der Waals surface area contributed by atoms with Gasteiger partial charge in [-0.3, -0.25) is 0 Å². The summed E-state index contributed by atoms with van der Waals surface area (Å²) in [6.07, 6.45) is 1.93. The Morgan fingerprint density at radius 1 is 1.42 bits per heavy atom. The molecule has 0 amide bonds. The zero-order valence-electron chi connectivity index (χ0n) is 11.9. The summed E-state index contributed by atoms with van der Waals surface area (Å²) in [6.45, 7) is 6.55. The first-order chi connectivity index (χ1) is 9.03. The minimum Gasteiger partial charge on any atom is -0.491 e. The second-order valence-electron chi connectivity index (χ2n) is 4.50. The molecule has 0 aromatic heterocycles. The summed E-state index contributed by atoms with van der Waals surface area (Å²) < 4.78 is 10.8. The summed E-state index contributed by atoms with van der Waals surface area (Å²) in [5.74, 6) is 1.43. The Labute approximate surface area is 119 Å². The second-order valence-corrected chi connectivity index (χ2v) is 4.91. The lowest BCUT2D eigenvalue weighted by atomic mass is 10.0. The van der Waals surface area contributed by atoms with E-state index in [0.29, 0.717) is 23.1 Å². The molecular formula is C15H21ClO3. The van der Waals surface area contributed by atoms with Crippen LogP contribution < -0.4 is 9.47 Å². The van der Waals surface area contributed by atoms with Gasteiger partial charge >= 0.3 is 0 Å². The lowest BCUT2D eigenvalue weighted by Crippen LogP contribution is -2.00. The van der Waals surface area contributed by atoms with E-state index in [1.165, 1.54) is 0 Å². The maximum Gasteiger partial charge on any atom is 0.179 e. The third-order valence-corrected chi connectivity index (χ3v) is 3.09. The molecule has 1 aromatic rings. The minimum atomic E-state index is 0.0330. The summed E-state index contributed by atoms with van der Waals surface area (Å²) in [5.41, 5.74) is 1.84. The monoisotopic (exact) mass is 284 g/mol. The van der Waals surface area contributed by atoms with E-state index in [1.807, 2.05) is 32.9 Å². The molecular weight excluding hydrogens is 264 g/mol. The third-order valence-electron chi connectivity index (χ3n) is 2.81. The van der Waals surface area contributed by atoms with Crippen molar-refractivity contribution in [1.82, 2.24) is 0 Å². The Balaban J connectivity index is 3.23. The molecule has 19 heavy (non-hydrogen) atoms. The largest absolute Gasteiger partial charge is 0.491 e. The molecule has 0 bridgehead atoms. The van der Waals surface area contributed by atoms with Gasteiger partial charge in [0.2, 0.25) is 0 Å². The smallest absolute Gasteiger partial charge is 0.179 e. The van der Waals surface area contributed by atoms with E-state index in [1.54, 1.807) is 13.2 Å². The number of aliphatic hydroxyl groups excluding tert-OH is 1. The number of hydrogen-bond donors (Lipinski definition) is 1. The van der Waals surface area contributed by atoms with Crippen molar-refractivity contribution < 1.29 is 14.6 Å². The number of methoxy groups -OCH3 is 1. The van der Waals surface area contributed by atoms with Crippen LogP contribution in [0.25, 0.3) is 6.08 Å². The number of ether oxygens (including phenoxy) is 2. The Bertz CT molecular complexity index is 453. The molecule has 0 heterocycles. The number of halogens is 1. The molecule has 0 aliphatic carbocycles. The van der Waals surface area contributed by atoms with Gasteiger partial charge in [-0.15, -0.1) is 0 Å². The van der Waals surface area contributed by atoms with E-state index < -0.39 is 0 Å². The summed E-state index contributed by atoms with van der Waals surface area (Å²) in [6, 6.07) is 3.67. The van der Waals surface area contributed by atoms with E-state index >= 15 is 0 Å². The zero-order chi connectivity index (χ0) is 14.4. The maximum atomic E-state index is 9.34. The molecule has 1 aromatic carbocycles. The first kappa shape index (κ1) is 15.9. The standard InChI is InChI=1S/C15H21ClO3/c1-5-19-14-8-11(6-12(9-17)10(2)3)7-13(16)15(14)18-4/h6-8,10,17H,5,9H2,1-4H3. The third kappa shape index (κ3) is 4.15. The van der Waals surface area contributed by atoms with Gasteiger partial charge in [-0.2, -0.15) is 0 Å². The van der Waals surface area contributed by atoms with Crippen LogP contribution in [0.2, 0.25) is 5.02 Å². The number of aliphatic hydroxyl groups is 1. The molecule has 4 heteroatoms. The molecule has 0 atom stereocenters. The van der Waals surface area contributed by atoms with Crippen molar-refractivity contribution in [3.8, 4) is 11.5 Å². The minimum absolute atomic E-state index is 0.0330.